The maximum Gasteiger partial charge on any atom is 0.416 e. The van der Waals surface area contributed by atoms with Gasteiger partial charge >= 0.3 is 12.4 Å². The molecule has 23 heavy (non-hydrogen) atoms. The molecule has 0 aliphatic carbocycles. The van der Waals surface area contributed by atoms with Crippen molar-refractivity contribution >= 4 is 0 Å². The van der Waals surface area contributed by atoms with Crippen LogP contribution in [0.4, 0.5) is 26.3 Å². The van der Waals surface area contributed by atoms with Crippen LogP contribution in [0, 0.1) is 0 Å². The van der Waals surface area contributed by atoms with Crippen molar-refractivity contribution in [1.82, 2.24) is 4.90 Å². The molecule has 0 spiro atoms. The lowest BCUT2D eigenvalue weighted by molar-refractivity contribution is -0.211. The molecule has 0 aromatic heterocycles. The van der Waals surface area contributed by atoms with Gasteiger partial charge in [0.15, 0.2) is 6.10 Å². The molecule has 2 rings (SSSR count). The molecule has 0 saturated carbocycles. The lowest BCUT2D eigenvalue weighted by Gasteiger charge is -2.34. The van der Waals surface area contributed by atoms with Crippen molar-refractivity contribution < 1.29 is 36.2 Å². The summed E-state index contributed by atoms with van der Waals surface area (Å²) in [4.78, 5) is 1.38. The first-order valence-electron chi connectivity index (χ1n) is 6.83. The van der Waals surface area contributed by atoms with E-state index in [1.807, 2.05) is 0 Å². The highest BCUT2D eigenvalue weighted by atomic mass is 19.4. The van der Waals surface area contributed by atoms with Crippen LogP contribution >= 0.6 is 0 Å². The fraction of sp³-hybridized carbons (Fsp3) is 0.571. The highest BCUT2D eigenvalue weighted by Crippen LogP contribution is 2.31. The van der Waals surface area contributed by atoms with Crippen molar-refractivity contribution in [1.29, 1.82) is 0 Å². The van der Waals surface area contributed by atoms with Crippen molar-refractivity contribution in [2.24, 2.45) is 0 Å². The van der Waals surface area contributed by atoms with Crippen LogP contribution < -0.4 is 0 Å². The first-order valence-corrected chi connectivity index (χ1v) is 6.83. The van der Waals surface area contributed by atoms with E-state index in [4.69, 9.17) is 9.84 Å². The van der Waals surface area contributed by atoms with Crippen LogP contribution in [0.2, 0.25) is 0 Å². The molecule has 1 heterocycles. The second-order valence-electron chi connectivity index (χ2n) is 5.30. The van der Waals surface area contributed by atoms with E-state index in [1.165, 1.54) is 17.0 Å². The summed E-state index contributed by atoms with van der Waals surface area (Å²) >= 11 is 0. The monoisotopic (exact) mass is 343 g/mol. The summed E-state index contributed by atoms with van der Waals surface area (Å²) in [5.41, 5.74) is -0.356. The van der Waals surface area contributed by atoms with E-state index in [0.717, 1.165) is 12.1 Å². The van der Waals surface area contributed by atoms with E-state index in [0.29, 0.717) is 5.56 Å². The predicted molar refractivity (Wildman–Crippen MR) is 68.6 cm³/mol. The number of hydrogen-bond donors (Lipinski definition) is 1. The number of ether oxygens (including phenoxy) is 1. The van der Waals surface area contributed by atoms with Gasteiger partial charge in [-0.15, -0.1) is 0 Å². The highest BCUT2D eigenvalue weighted by Gasteiger charge is 2.40. The van der Waals surface area contributed by atoms with Gasteiger partial charge in [0.25, 0.3) is 0 Å². The van der Waals surface area contributed by atoms with Gasteiger partial charge in [-0.25, -0.2) is 0 Å². The standard InChI is InChI=1S/C14H15F6NO2/c15-13(16,17)10-3-1-9(2-4-10)11-7-21(5-6-23-11)8-12(22)14(18,19)20/h1-4,11-12,22H,5-8H2. The van der Waals surface area contributed by atoms with Gasteiger partial charge in [0.2, 0.25) is 0 Å². The van der Waals surface area contributed by atoms with Gasteiger partial charge < -0.3 is 9.84 Å². The molecule has 0 radical (unpaired) electrons. The van der Waals surface area contributed by atoms with Gasteiger partial charge in [-0.05, 0) is 17.7 Å². The third kappa shape index (κ3) is 4.82. The zero-order valence-corrected chi connectivity index (χ0v) is 11.9. The second-order valence-corrected chi connectivity index (χ2v) is 5.30. The van der Waals surface area contributed by atoms with Crippen LogP contribution in [0.25, 0.3) is 0 Å². The van der Waals surface area contributed by atoms with E-state index in [9.17, 15) is 26.3 Å². The Bertz CT molecular complexity index is 513. The molecule has 1 N–H and O–H groups in total. The van der Waals surface area contributed by atoms with E-state index >= 15 is 0 Å². The summed E-state index contributed by atoms with van der Waals surface area (Å²) in [7, 11) is 0. The van der Waals surface area contributed by atoms with Crippen LogP contribution in [0.15, 0.2) is 24.3 Å². The largest absolute Gasteiger partial charge is 0.416 e. The number of halogens is 6. The zero-order chi connectivity index (χ0) is 17.3. The summed E-state index contributed by atoms with van der Waals surface area (Å²) in [5.74, 6) is 0. The minimum Gasteiger partial charge on any atom is -0.382 e. The molecule has 130 valence electrons. The molecular formula is C14H15F6NO2. The first kappa shape index (κ1) is 18.0. The Labute approximate surface area is 128 Å². The molecule has 2 atom stereocenters. The summed E-state index contributed by atoms with van der Waals surface area (Å²) < 4.78 is 80.0. The van der Waals surface area contributed by atoms with Crippen LogP contribution in [0.1, 0.15) is 17.2 Å². The van der Waals surface area contributed by atoms with Crippen LogP contribution in [0.3, 0.4) is 0 Å². The lowest BCUT2D eigenvalue weighted by Crippen LogP contribution is -2.46. The smallest absolute Gasteiger partial charge is 0.382 e. The number of morpholine rings is 1. The molecule has 0 amide bonds. The van der Waals surface area contributed by atoms with E-state index in [2.05, 4.69) is 0 Å². The highest BCUT2D eigenvalue weighted by molar-refractivity contribution is 5.26. The Balaban J connectivity index is 2.01. The maximum atomic E-state index is 12.5. The van der Waals surface area contributed by atoms with Gasteiger partial charge in [-0.2, -0.15) is 26.3 Å². The van der Waals surface area contributed by atoms with Crippen molar-refractivity contribution in [3.8, 4) is 0 Å². The summed E-state index contributed by atoms with van der Waals surface area (Å²) in [6.07, 6.45) is -12.3. The number of hydrogen-bond acceptors (Lipinski definition) is 3. The third-order valence-electron chi connectivity index (χ3n) is 3.57. The second kappa shape index (κ2) is 6.66. The predicted octanol–water partition coefficient (Wildman–Crippen LogP) is 3.00. The number of aliphatic hydroxyl groups excluding tert-OH is 1. The Hall–Kier alpha value is -1.32. The molecule has 3 nitrogen and oxygen atoms in total. The number of rotatable bonds is 3. The van der Waals surface area contributed by atoms with Crippen molar-refractivity contribution in [3.63, 3.8) is 0 Å². The number of β-amino-alcohol motifs (C(OH)–C–C–N with tert-alkyl or cyclic N) is 1. The van der Waals surface area contributed by atoms with Gasteiger partial charge in [0.1, 0.15) is 0 Å². The molecule has 1 aliphatic heterocycles. The van der Waals surface area contributed by atoms with Crippen molar-refractivity contribution in [2.45, 2.75) is 24.6 Å². The van der Waals surface area contributed by atoms with Crippen molar-refractivity contribution in [3.05, 3.63) is 35.4 Å². The molecule has 1 aliphatic rings. The number of alkyl halides is 6. The molecule has 1 aromatic rings. The number of nitrogens with zero attached hydrogens (tertiary/aromatic N) is 1. The Morgan fingerprint density at radius 3 is 2.26 bits per heavy atom. The van der Waals surface area contributed by atoms with Gasteiger partial charge in [0.05, 0.1) is 18.3 Å². The molecule has 1 fully saturated rings. The zero-order valence-electron chi connectivity index (χ0n) is 11.9. The van der Waals surface area contributed by atoms with E-state index in [1.54, 1.807) is 0 Å². The topological polar surface area (TPSA) is 32.7 Å². The van der Waals surface area contributed by atoms with E-state index < -0.39 is 36.7 Å². The maximum absolute atomic E-state index is 12.5. The SMILES string of the molecule is OC(CN1CCOC(c2ccc(C(F)(F)F)cc2)C1)C(F)(F)F. The quantitative estimate of drug-likeness (QED) is 0.857. The minimum atomic E-state index is -4.71. The van der Waals surface area contributed by atoms with Gasteiger partial charge in [-0.1, -0.05) is 12.1 Å². The molecule has 1 saturated heterocycles. The summed E-state index contributed by atoms with van der Waals surface area (Å²) in [6.45, 7) is -0.178. The summed E-state index contributed by atoms with van der Waals surface area (Å²) in [6, 6.07) is 4.30. The minimum absolute atomic E-state index is 0.0680. The average Bonchev–Trinajstić information content (AvgIpc) is 2.46. The molecule has 2 unspecified atom stereocenters. The Morgan fingerprint density at radius 1 is 1.13 bits per heavy atom. The first-order chi connectivity index (χ1) is 10.6. The molecule has 0 bridgehead atoms. The fourth-order valence-corrected chi connectivity index (χ4v) is 2.30. The fourth-order valence-electron chi connectivity index (χ4n) is 2.30. The van der Waals surface area contributed by atoms with E-state index in [-0.39, 0.29) is 19.7 Å². The molecule has 9 heteroatoms. The number of aliphatic hydroxyl groups is 1. The van der Waals surface area contributed by atoms with Gasteiger partial charge in [-0.3, -0.25) is 4.90 Å². The Morgan fingerprint density at radius 2 is 1.74 bits per heavy atom. The van der Waals surface area contributed by atoms with Crippen molar-refractivity contribution in [2.75, 3.05) is 26.2 Å². The van der Waals surface area contributed by atoms with Crippen LogP contribution in [0.5, 0.6) is 0 Å². The molecule has 1 aromatic carbocycles. The third-order valence-corrected chi connectivity index (χ3v) is 3.57. The van der Waals surface area contributed by atoms with Crippen LogP contribution in [-0.4, -0.2) is 48.5 Å². The molecular weight excluding hydrogens is 328 g/mol. The average molecular weight is 343 g/mol. The normalized spacial score (nSPS) is 22.1. The Kier molecular flexibility index (Phi) is 5.22. The van der Waals surface area contributed by atoms with Gasteiger partial charge in [0, 0.05) is 19.6 Å². The lowest BCUT2D eigenvalue weighted by atomic mass is 10.0. The summed E-state index contributed by atoms with van der Waals surface area (Å²) in [5, 5.41) is 9.09. The number of benzene rings is 1. The van der Waals surface area contributed by atoms with Crippen LogP contribution in [-0.2, 0) is 10.9 Å².